The van der Waals surface area contributed by atoms with Gasteiger partial charge in [-0.05, 0) is 83.4 Å². The number of allylic oxidation sites excluding steroid dienone is 4. The third-order valence-corrected chi connectivity index (χ3v) is 10.0. The maximum Gasteiger partial charge on any atom is 0.172 e. The van der Waals surface area contributed by atoms with Gasteiger partial charge in [0, 0.05) is 50.9 Å². The highest BCUT2D eigenvalue weighted by molar-refractivity contribution is 6.10. The molecular weight excluding hydrogens is 637 g/mol. The molecule has 0 bridgehead atoms. The third-order valence-electron chi connectivity index (χ3n) is 10.0. The first kappa shape index (κ1) is 29.9. The summed E-state index contributed by atoms with van der Waals surface area (Å²) in [5.41, 5.74) is 13.3. The van der Waals surface area contributed by atoms with E-state index in [0.717, 1.165) is 79.0 Å². The lowest BCUT2D eigenvalue weighted by molar-refractivity contribution is 0.666. The number of furan rings is 1. The molecule has 1 aliphatic rings. The molecule has 0 N–H and O–H groups in total. The molecular formula is C47H32N4O. The highest BCUT2D eigenvalue weighted by Gasteiger charge is 2.18. The molecule has 0 aliphatic carbocycles. The maximum absolute atomic E-state index is 5.99. The molecule has 0 saturated heterocycles. The summed E-state index contributed by atoms with van der Waals surface area (Å²) in [7, 11) is 0. The molecule has 246 valence electrons. The van der Waals surface area contributed by atoms with Gasteiger partial charge in [0.25, 0.3) is 0 Å². The summed E-state index contributed by atoms with van der Waals surface area (Å²) in [4.78, 5) is 12.0. The van der Waals surface area contributed by atoms with E-state index in [0.29, 0.717) is 11.4 Å². The number of benzene rings is 6. The first-order valence-corrected chi connectivity index (χ1v) is 17.5. The molecule has 0 radical (unpaired) electrons. The summed E-state index contributed by atoms with van der Waals surface area (Å²) in [6.07, 6.45) is 10.2. The average Bonchev–Trinajstić information content (AvgIpc) is 3.76. The molecule has 52 heavy (non-hydrogen) atoms. The zero-order valence-corrected chi connectivity index (χ0v) is 28.3. The van der Waals surface area contributed by atoms with Crippen molar-refractivity contribution in [2.45, 2.75) is 0 Å². The molecule has 0 amide bonds. The van der Waals surface area contributed by atoms with Crippen LogP contribution in [0.2, 0.25) is 0 Å². The Balaban J connectivity index is 1.08. The van der Waals surface area contributed by atoms with Crippen molar-refractivity contribution in [1.29, 1.82) is 0 Å². The van der Waals surface area contributed by atoms with Gasteiger partial charge in [0.2, 0.25) is 0 Å². The molecule has 0 fully saturated rings. The van der Waals surface area contributed by atoms with Gasteiger partial charge in [0.15, 0.2) is 11.4 Å². The molecule has 0 saturated carbocycles. The predicted molar refractivity (Wildman–Crippen MR) is 215 cm³/mol. The minimum atomic E-state index is 0.664. The van der Waals surface area contributed by atoms with Crippen molar-refractivity contribution in [3.05, 3.63) is 182 Å². The largest absolute Gasteiger partial charge is 0.453 e. The van der Waals surface area contributed by atoms with Crippen LogP contribution in [-0.4, -0.2) is 21.1 Å². The van der Waals surface area contributed by atoms with Gasteiger partial charge in [-0.15, -0.1) is 0 Å². The summed E-state index contributed by atoms with van der Waals surface area (Å²) in [5, 5.41) is 3.38. The Hall–Kier alpha value is -6.98. The number of para-hydroxylation sites is 3. The summed E-state index contributed by atoms with van der Waals surface area (Å²) in [6, 6.07) is 49.2. The minimum Gasteiger partial charge on any atom is -0.453 e. The van der Waals surface area contributed by atoms with Crippen molar-refractivity contribution in [3.63, 3.8) is 0 Å². The monoisotopic (exact) mass is 668 g/mol. The minimum absolute atomic E-state index is 0.664. The molecule has 4 heterocycles. The fourth-order valence-corrected chi connectivity index (χ4v) is 7.53. The van der Waals surface area contributed by atoms with Crippen molar-refractivity contribution in [2.24, 2.45) is 0 Å². The van der Waals surface area contributed by atoms with E-state index in [1.54, 1.807) is 6.20 Å². The molecule has 0 atom stereocenters. The third kappa shape index (κ3) is 4.94. The molecule has 3 aromatic heterocycles. The van der Waals surface area contributed by atoms with Gasteiger partial charge in [-0.25, -0.2) is 9.97 Å². The Labute approximate surface area is 300 Å². The molecule has 5 heteroatoms. The Kier molecular flexibility index (Phi) is 6.96. The van der Waals surface area contributed by atoms with Crippen LogP contribution in [0.25, 0.3) is 77.7 Å². The van der Waals surface area contributed by atoms with Gasteiger partial charge < -0.3 is 13.9 Å². The number of fused-ring (bicyclic) bond motifs is 7. The second-order valence-electron chi connectivity index (χ2n) is 13.1. The van der Waals surface area contributed by atoms with Crippen LogP contribution >= 0.6 is 0 Å². The van der Waals surface area contributed by atoms with E-state index in [4.69, 9.17) is 14.4 Å². The molecule has 0 unspecified atom stereocenters. The van der Waals surface area contributed by atoms with Crippen LogP contribution in [0.3, 0.4) is 0 Å². The first-order chi connectivity index (χ1) is 25.7. The fourth-order valence-electron chi connectivity index (χ4n) is 7.53. The smallest absolute Gasteiger partial charge is 0.172 e. The van der Waals surface area contributed by atoms with Crippen LogP contribution in [0.1, 0.15) is 5.56 Å². The van der Waals surface area contributed by atoms with Gasteiger partial charge in [-0.1, -0.05) is 104 Å². The van der Waals surface area contributed by atoms with Gasteiger partial charge in [0.1, 0.15) is 11.1 Å². The van der Waals surface area contributed by atoms with Gasteiger partial charge in [0.05, 0.1) is 17.2 Å². The predicted octanol–water partition coefficient (Wildman–Crippen LogP) is 12.1. The lowest BCUT2D eigenvalue weighted by Crippen LogP contribution is -2.18. The molecule has 9 aromatic rings. The number of hydrogen-bond acceptors (Lipinski definition) is 4. The van der Waals surface area contributed by atoms with E-state index in [2.05, 4.69) is 156 Å². The van der Waals surface area contributed by atoms with Crippen LogP contribution in [0.15, 0.2) is 181 Å². The van der Waals surface area contributed by atoms with Crippen molar-refractivity contribution in [2.75, 3.05) is 11.4 Å². The lowest BCUT2D eigenvalue weighted by Gasteiger charge is -2.27. The van der Waals surface area contributed by atoms with E-state index in [-0.39, 0.29) is 0 Å². The normalized spacial score (nSPS) is 14.4. The Morgan fingerprint density at radius 3 is 2.29 bits per heavy atom. The zero-order chi connectivity index (χ0) is 34.6. The Morgan fingerprint density at radius 2 is 1.37 bits per heavy atom. The standard InChI is InChI=1S/C47H32N4O/c1-31-13-4-3-11-26-50(35-15-5-2-6-16-35)41-24-22-32(28-39(31)41)33-23-25-43-40(29-33)37-18-7-9-20-42(37)51(43)36-17-12-14-34(27-36)47-48-30-45-46(49-47)38-19-8-10-21-44(38)52-45/h2-25,27-30H,1,26H2/b11-3-,13-4-. The van der Waals surface area contributed by atoms with Crippen molar-refractivity contribution < 1.29 is 4.42 Å². The van der Waals surface area contributed by atoms with E-state index in [1.807, 2.05) is 24.3 Å². The topological polar surface area (TPSA) is 47.1 Å². The number of hydrogen-bond donors (Lipinski definition) is 0. The van der Waals surface area contributed by atoms with E-state index in [1.165, 1.54) is 10.8 Å². The Morgan fingerprint density at radius 1 is 0.596 bits per heavy atom. The van der Waals surface area contributed by atoms with E-state index < -0.39 is 0 Å². The number of aromatic nitrogens is 3. The molecule has 1 aliphatic heterocycles. The molecule has 10 rings (SSSR count). The molecule has 0 spiro atoms. The van der Waals surface area contributed by atoms with Crippen LogP contribution in [0, 0.1) is 0 Å². The van der Waals surface area contributed by atoms with Crippen molar-refractivity contribution in [1.82, 2.24) is 14.5 Å². The lowest BCUT2D eigenvalue weighted by atomic mass is 9.96. The second-order valence-corrected chi connectivity index (χ2v) is 13.1. The second kappa shape index (κ2) is 12.1. The number of rotatable bonds is 4. The average molecular weight is 669 g/mol. The van der Waals surface area contributed by atoms with Crippen LogP contribution in [-0.2, 0) is 0 Å². The molecule has 6 aromatic carbocycles. The molecule has 5 nitrogen and oxygen atoms in total. The van der Waals surface area contributed by atoms with E-state index >= 15 is 0 Å². The SMILES string of the molecule is C=C1/C=C\C=C/CN(c2ccccc2)c2ccc(-c3ccc4c(c3)c3ccccc3n4-c3cccc(-c4ncc5oc6ccccc6c5n4)c3)cc21. The maximum atomic E-state index is 5.99. The van der Waals surface area contributed by atoms with Crippen molar-refractivity contribution >= 4 is 60.8 Å². The summed E-state index contributed by atoms with van der Waals surface area (Å²) in [6.45, 7) is 5.25. The first-order valence-electron chi connectivity index (χ1n) is 17.5. The zero-order valence-electron chi connectivity index (χ0n) is 28.3. The highest BCUT2D eigenvalue weighted by atomic mass is 16.3. The van der Waals surface area contributed by atoms with Gasteiger partial charge in [-0.3, -0.25) is 0 Å². The van der Waals surface area contributed by atoms with Crippen LogP contribution in [0.5, 0.6) is 0 Å². The van der Waals surface area contributed by atoms with Crippen molar-refractivity contribution in [3.8, 4) is 28.2 Å². The Bertz CT molecular complexity index is 2910. The number of nitrogens with zero attached hydrogens (tertiary/aromatic N) is 4. The fraction of sp³-hybridized carbons (Fsp3) is 0.0213. The van der Waals surface area contributed by atoms with Gasteiger partial charge in [-0.2, -0.15) is 0 Å². The van der Waals surface area contributed by atoms with Gasteiger partial charge >= 0.3 is 0 Å². The van der Waals surface area contributed by atoms with Crippen LogP contribution in [0.4, 0.5) is 11.4 Å². The number of anilines is 2. The highest BCUT2D eigenvalue weighted by Crippen LogP contribution is 2.39. The van der Waals surface area contributed by atoms with Crippen LogP contribution < -0.4 is 4.90 Å². The summed E-state index contributed by atoms with van der Waals surface area (Å²) < 4.78 is 8.33. The quantitative estimate of drug-likeness (QED) is 0.187. The summed E-state index contributed by atoms with van der Waals surface area (Å²) >= 11 is 0. The summed E-state index contributed by atoms with van der Waals surface area (Å²) in [5.74, 6) is 0.664. The van der Waals surface area contributed by atoms with E-state index in [9.17, 15) is 0 Å².